The van der Waals surface area contributed by atoms with Gasteiger partial charge >= 0.3 is 6.03 Å². The number of halogens is 1. The second-order valence-corrected chi connectivity index (χ2v) is 13.5. The number of rotatable bonds is 8. The van der Waals surface area contributed by atoms with E-state index in [1.54, 1.807) is 13.2 Å². The lowest BCUT2D eigenvalue weighted by Gasteiger charge is -2.44. The van der Waals surface area contributed by atoms with Gasteiger partial charge in [0.2, 0.25) is 0 Å². The van der Waals surface area contributed by atoms with Crippen molar-refractivity contribution in [3.8, 4) is 11.5 Å². The van der Waals surface area contributed by atoms with Crippen LogP contribution in [0.15, 0.2) is 90.5 Å². The predicted molar refractivity (Wildman–Crippen MR) is 195 cm³/mol. The first-order chi connectivity index (χ1) is 23.4. The summed E-state index contributed by atoms with van der Waals surface area (Å²) in [5.41, 5.74) is 6.64. The molecule has 8 nitrogen and oxygen atoms in total. The van der Waals surface area contributed by atoms with Gasteiger partial charge in [-0.3, -0.25) is 14.9 Å². The van der Waals surface area contributed by atoms with Gasteiger partial charge in [0.05, 0.1) is 23.0 Å². The van der Waals surface area contributed by atoms with Crippen molar-refractivity contribution in [1.29, 1.82) is 0 Å². The molecule has 3 aliphatic heterocycles. The molecule has 3 heterocycles. The topological polar surface area (TPSA) is 88.2 Å². The molecular weight excluding hydrogens is 717 g/mol. The number of anilines is 2. The van der Waals surface area contributed by atoms with Gasteiger partial charge in [-0.1, -0.05) is 67.6 Å². The third-order valence-corrected chi connectivity index (χ3v) is 10.2. The van der Waals surface area contributed by atoms with Gasteiger partial charge in [-0.25, -0.2) is 9.69 Å². The highest BCUT2D eigenvalue weighted by Crippen LogP contribution is 2.50. The van der Waals surface area contributed by atoms with Crippen LogP contribution >= 0.6 is 22.6 Å². The number of carbonyl (C=O) groups is 3. The fourth-order valence-corrected chi connectivity index (χ4v) is 7.98. The highest BCUT2D eigenvalue weighted by molar-refractivity contribution is 14.1. The van der Waals surface area contributed by atoms with Crippen molar-refractivity contribution >= 4 is 57.9 Å². The quantitative estimate of drug-likeness (QED) is 0.113. The Bertz CT molecular complexity index is 1850. The predicted octanol–water partition coefficient (Wildman–Crippen LogP) is 7.63. The fourth-order valence-electron chi connectivity index (χ4n) is 7.19. The van der Waals surface area contributed by atoms with E-state index in [1.165, 1.54) is 22.9 Å². The van der Waals surface area contributed by atoms with Crippen LogP contribution in [-0.2, 0) is 9.59 Å². The van der Waals surface area contributed by atoms with Gasteiger partial charge in [0, 0.05) is 30.6 Å². The van der Waals surface area contributed by atoms with E-state index in [0.29, 0.717) is 29.4 Å². The summed E-state index contributed by atoms with van der Waals surface area (Å²) in [4.78, 5) is 44.6. The van der Waals surface area contributed by atoms with Crippen molar-refractivity contribution in [2.24, 2.45) is 0 Å². The van der Waals surface area contributed by atoms with Crippen LogP contribution in [0.4, 0.5) is 16.2 Å². The molecule has 0 aromatic heterocycles. The first-order valence-electron chi connectivity index (χ1n) is 16.3. The Morgan fingerprint density at radius 1 is 0.875 bits per heavy atom. The fraction of sp³-hybridized carbons (Fsp3) is 0.256. The second-order valence-electron chi connectivity index (χ2n) is 12.3. The van der Waals surface area contributed by atoms with Gasteiger partial charge in [0.15, 0.2) is 11.5 Å². The molecule has 0 bridgehead atoms. The van der Waals surface area contributed by atoms with Crippen molar-refractivity contribution < 1.29 is 23.9 Å². The van der Waals surface area contributed by atoms with Crippen LogP contribution in [0.2, 0.25) is 0 Å². The molecule has 48 heavy (non-hydrogen) atoms. The van der Waals surface area contributed by atoms with Crippen molar-refractivity contribution in [3.63, 3.8) is 0 Å². The highest BCUT2D eigenvalue weighted by atomic mass is 127. The molecule has 0 radical (unpaired) electrons. The molecule has 0 saturated carbocycles. The number of barbiturate groups is 1. The number of amides is 4. The molecule has 1 N–H and O–H groups in total. The number of imide groups is 2. The first-order valence-corrected chi connectivity index (χ1v) is 17.4. The number of carbonyl (C=O) groups excluding carboxylic acids is 3. The molecule has 7 rings (SSSR count). The van der Waals surface area contributed by atoms with Gasteiger partial charge in [-0.2, -0.15) is 0 Å². The first kappa shape index (κ1) is 31.9. The van der Waals surface area contributed by atoms with Crippen LogP contribution in [0.25, 0.3) is 6.08 Å². The van der Waals surface area contributed by atoms with Crippen molar-refractivity contribution in [2.75, 3.05) is 36.6 Å². The van der Waals surface area contributed by atoms with E-state index in [4.69, 9.17) is 9.47 Å². The minimum absolute atomic E-state index is 0.0910. The summed E-state index contributed by atoms with van der Waals surface area (Å²) in [5, 5.41) is 2.43. The van der Waals surface area contributed by atoms with Gasteiger partial charge in [-0.15, -0.1) is 0 Å². The molecule has 9 heteroatoms. The van der Waals surface area contributed by atoms with Gasteiger partial charge in [0.1, 0.15) is 5.57 Å². The maximum Gasteiger partial charge on any atom is 0.335 e. The number of ether oxygens (including phenoxy) is 2. The molecule has 0 spiro atoms. The maximum atomic E-state index is 14.3. The van der Waals surface area contributed by atoms with Crippen LogP contribution in [0.5, 0.6) is 11.5 Å². The van der Waals surface area contributed by atoms with Crippen LogP contribution in [-0.4, -0.2) is 44.7 Å². The molecular formula is C39H36IN3O5. The monoisotopic (exact) mass is 753 g/mol. The Balaban J connectivity index is 1.35. The number of benzene rings is 4. The molecule has 2 atom stereocenters. The third-order valence-electron chi connectivity index (χ3n) is 9.37. The Morgan fingerprint density at radius 3 is 2.04 bits per heavy atom. The Morgan fingerprint density at radius 2 is 1.48 bits per heavy atom. The summed E-state index contributed by atoms with van der Waals surface area (Å²) in [5.74, 6) is -0.127. The number of nitrogens with zero attached hydrogens (tertiary/aromatic N) is 2. The summed E-state index contributed by atoms with van der Waals surface area (Å²) in [6.45, 7) is 4.40. The number of hydrogen-bond donors (Lipinski definition) is 1. The van der Waals surface area contributed by atoms with E-state index < -0.39 is 17.8 Å². The summed E-state index contributed by atoms with van der Waals surface area (Å²) >= 11 is 2.16. The smallest absolute Gasteiger partial charge is 0.335 e. The molecule has 4 aromatic rings. The zero-order valence-corrected chi connectivity index (χ0v) is 29.0. The molecule has 1 fully saturated rings. The standard InChI is InChI=1S/C39H36IN3O5/c1-3-18-48-36-33(40)20-24(21-34(36)47-2)19-32-37(44)41-39(46)43(38(32)45)27-22-30-28(25-10-6-4-7-11-25)14-16-42-17-15-29(31(23-27)35(30)42)26-12-8-5-9-13-26/h4-13,19-23,28-29H,3,14-18H2,1-2H3,(H,41,44,46)/b32-19+/t28-,29-/m0/s1. The normalized spacial score (nSPS) is 19.6. The van der Waals surface area contributed by atoms with Gasteiger partial charge < -0.3 is 14.4 Å². The van der Waals surface area contributed by atoms with Crippen molar-refractivity contribution in [3.05, 3.63) is 122 Å². The summed E-state index contributed by atoms with van der Waals surface area (Å²) in [7, 11) is 1.55. The van der Waals surface area contributed by atoms with Gasteiger partial charge in [-0.05, 0) is 100 Å². The minimum Gasteiger partial charge on any atom is -0.493 e. The molecule has 0 aliphatic carbocycles. The largest absolute Gasteiger partial charge is 0.493 e. The zero-order valence-electron chi connectivity index (χ0n) is 26.9. The molecule has 244 valence electrons. The van der Waals surface area contributed by atoms with Crippen molar-refractivity contribution in [1.82, 2.24) is 5.32 Å². The van der Waals surface area contributed by atoms with Crippen LogP contribution in [0, 0.1) is 3.57 Å². The van der Waals surface area contributed by atoms with E-state index >= 15 is 0 Å². The Kier molecular flexibility index (Phi) is 8.96. The summed E-state index contributed by atoms with van der Waals surface area (Å²) in [6, 6.07) is 27.5. The van der Waals surface area contributed by atoms with E-state index in [-0.39, 0.29) is 17.4 Å². The zero-order chi connectivity index (χ0) is 33.4. The lowest BCUT2D eigenvalue weighted by Crippen LogP contribution is -2.54. The van der Waals surface area contributed by atoms with E-state index in [1.807, 2.05) is 61.5 Å². The van der Waals surface area contributed by atoms with E-state index in [2.05, 4.69) is 57.1 Å². The molecule has 4 aromatic carbocycles. The minimum atomic E-state index is -0.763. The second kappa shape index (κ2) is 13.5. The Hall–Kier alpha value is -4.64. The van der Waals surface area contributed by atoms with Crippen LogP contribution < -0.4 is 24.6 Å². The lowest BCUT2D eigenvalue weighted by molar-refractivity contribution is -0.122. The molecule has 4 amide bonds. The number of urea groups is 1. The average molecular weight is 754 g/mol. The Labute approximate surface area is 293 Å². The van der Waals surface area contributed by atoms with E-state index in [0.717, 1.165) is 51.9 Å². The highest BCUT2D eigenvalue weighted by Gasteiger charge is 2.40. The number of hydrogen-bond acceptors (Lipinski definition) is 6. The number of methoxy groups -OCH3 is 1. The molecule has 1 saturated heterocycles. The molecule has 0 unspecified atom stereocenters. The van der Waals surface area contributed by atoms with Crippen molar-refractivity contribution in [2.45, 2.75) is 38.0 Å². The van der Waals surface area contributed by atoms with Gasteiger partial charge in [0.25, 0.3) is 11.8 Å². The number of nitrogens with one attached hydrogen (secondary N) is 1. The van der Waals surface area contributed by atoms with Crippen LogP contribution in [0.1, 0.15) is 65.8 Å². The SMILES string of the molecule is CCCOc1c(I)cc(/C=C2\C(=O)NC(=O)N(c3cc4c5c(c3)[C@H](c3ccccc3)CCN5CC[C@H]4c3ccccc3)C2=O)cc1OC. The summed E-state index contributed by atoms with van der Waals surface area (Å²) in [6.07, 6.45) is 4.18. The third kappa shape index (κ3) is 5.85. The molecule has 3 aliphatic rings. The van der Waals surface area contributed by atoms with E-state index in [9.17, 15) is 14.4 Å². The van der Waals surface area contributed by atoms with Crippen LogP contribution in [0.3, 0.4) is 0 Å². The average Bonchev–Trinajstić information content (AvgIpc) is 3.10. The lowest BCUT2D eigenvalue weighted by atomic mass is 9.76. The maximum absolute atomic E-state index is 14.3. The summed E-state index contributed by atoms with van der Waals surface area (Å²) < 4.78 is 12.3.